The fraction of sp³-hybridized carbons (Fsp3) is 0.364. The van der Waals surface area contributed by atoms with E-state index in [0.29, 0.717) is 5.92 Å². The van der Waals surface area contributed by atoms with Crippen LogP contribution in [0.4, 0.5) is 0 Å². The van der Waals surface area contributed by atoms with Gasteiger partial charge in [0.15, 0.2) is 5.65 Å². The van der Waals surface area contributed by atoms with Crippen LogP contribution in [-0.4, -0.2) is 9.38 Å². The van der Waals surface area contributed by atoms with Gasteiger partial charge in [-0.3, -0.25) is 0 Å². The molecule has 0 bridgehead atoms. The zero-order valence-electron chi connectivity index (χ0n) is 8.58. The summed E-state index contributed by atoms with van der Waals surface area (Å²) >= 11 is 6.14. The Balaban J connectivity index is 2.75. The number of hydrogen-bond donors (Lipinski definition) is 0. The third-order valence-electron chi connectivity index (χ3n) is 2.43. The molecule has 0 fully saturated rings. The third-order valence-corrected chi connectivity index (χ3v) is 2.71. The van der Waals surface area contributed by atoms with Crippen LogP contribution in [0.15, 0.2) is 18.5 Å². The molecule has 0 unspecified atom stereocenters. The summed E-state index contributed by atoms with van der Waals surface area (Å²) in [4.78, 5) is 4.25. The molecule has 2 nitrogen and oxygen atoms in total. The first kappa shape index (κ1) is 9.53. The Bertz CT molecular complexity index is 471. The summed E-state index contributed by atoms with van der Waals surface area (Å²) in [5.41, 5.74) is 3.20. The minimum absolute atomic E-state index is 0.485. The second-order valence-electron chi connectivity index (χ2n) is 3.87. The Hall–Kier alpha value is -1.02. The van der Waals surface area contributed by atoms with Crippen molar-refractivity contribution in [3.8, 4) is 0 Å². The Morgan fingerprint density at radius 2 is 2.14 bits per heavy atom. The molecule has 14 heavy (non-hydrogen) atoms. The quantitative estimate of drug-likeness (QED) is 0.702. The lowest BCUT2D eigenvalue weighted by molar-refractivity contribution is 0.851. The van der Waals surface area contributed by atoms with E-state index in [1.54, 1.807) is 0 Å². The average Bonchev–Trinajstić information content (AvgIpc) is 2.48. The minimum Gasteiger partial charge on any atom is -0.303 e. The van der Waals surface area contributed by atoms with Crippen LogP contribution in [0, 0.1) is 6.92 Å². The van der Waals surface area contributed by atoms with Crippen molar-refractivity contribution in [3.63, 3.8) is 0 Å². The highest BCUT2D eigenvalue weighted by Gasteiger charge is 2.07. The summed E-state index contributed by atoms with van der Waals surface area (Å²) < 4.78 is 2.04. The molecule has 0 radical (unpaired) electrons. The number of aryl methyl sites for hydroxylation is 1. The molecule has 0 aliphatic carbocycles. The SMILES string of the molecule is Cc1cnc2c(Cl)cc(C(C)C)cn12. The number of imidazole rings is 1. The molecule has 0 saturated carbocycles. The number of aromatic nitrogens is 2. The lowest BCUT2D eigenvalue weighted by atomic mass is 10.1. The van der Waals surface area contributed by atoms with Gasteiger partial charge in [-0.2, -0.15) is 0 Å². The van der Waals surface area contributed by atoms with Gasteiger partial charge in [-0.1, -0.05) is 25.4 Å². The maximum atomic E-state index is 6.14. The van der Waals surface area contributed by atoms with Crippen molar-refractivity contribution in [3.05, 3.63) is 34.7 Å². The molecule has 0 spiro atoms. The summed E-state index contributed by atoms with van der Waals surface area (Å²) in [6.45, 7) is 6.34. The minimum atomic E-state index is 0.485. The van der Waals surface area contributed by atoms with Gasteiger partial charge in [-0.15, -0.1) is 0 Å². The largest absolute Gasteiger partial charge is 0.303 e. The van der Waals surface area contributed by atoms with Crippen molar-refractivity contribution in [2.75, 3.05) is 0 Å². The number of pyridine rings is 1. The van der Waals surface area contributed by atoms with Crippen molar-refractivity contribution in [1.29, 1.82) is 0 Å². The van der Waals surface area contributed by atoms with E-state index in [1.165, 1.54) is 5.56 Å². The second kappa shape index (κ2) is 3.28. The second-order valence-corrected chi connectivity index (χ2v) is 4.28. The monoisotopic (exact) mass is 208 g/mol. The first-order valence-electron chi connectivity index (χ1n) is 4.72. The van der Waals surface area contributed by atoms with E-state index in [9.17, 15) is 0 Å². The summed E-state index contributed by atoms with van der Waals surface area (Å²) in [7, 11) is 0. The van der Waals surface area contributed by atoms with Gasteiger partial charge in [0.1, 0.15) is 0 Å². The fourth-order valence-corrected chi connectivity index (χ4v) is 1.76. The number of fused-ring (bicyclic) bond motifs is 1. The van der Waals surface area contributed by atoms with Gasteiger partial charge in [-0.25, -0.2) is 4.98 Å². The highest BCUT2D eigenvalue weighted by Crippen LogP contribution is 2.23. The summed E-state index contributed by atoms with van der Waals surface area (Å²) in [6, 6.07) is 1.99. The zero-order valence-corrected chi connectivity index (χ0v) is 9.34. The van der Waals surface area contributed by atoms with Crippen molar-refractivity contribution in [2.45, 2.75) is 26.7 Å². The van der Waals surface area contributed by atoms with Crippen molar-refractivity contribution < 1.29 is 0 Å². The summed E-state index contributed by atoms with van der Waals surface area (Å²) in [5, 5.41) is 0.726. The number of hydrogen-bond acceptors (Lipinski definition) is 1. The first-order valence-corrected chi connectivity index (χ1v) is 5.10. The Labute approximate surface area is 88.5 Å². The molecule has 0 aromatic carbocycles. The Morgan fingerprint density at radius 3 is 2.79 bits per heavy atom. The summed E-state index contributed by atoms with van der Waals surface area (Å²) in [5.74, 6) is 0.485. The van der Waals surface area contributed by atoms with Crippen molar-refractivity contribution in [2.24, 2.45) is 0 Å². The lowest BCUT2D eigenvalue weighted by Crippen LogP contribution is -1.94. The van der Waals surface area contributed by atoms with E-state index in [1.807, 2.05) is 23.6 Å². The molecule has 0 N–H and O–H groups in total. The molecular formula is C11H13ClN2. The van der Waals surface area contributed by atoms with E-state index >= 15 is 0 Å². The molecule has 0 aliphatic rings. The van der Waals surface area contributed by atoms with Crippen LogP contribution in [0.2, 0.25) is 5.02 Å². The highest BCUT2D eigenvalue weighted by molar-refractivity contribution is 6.33. The molecular weight excluding hydrogens is 196 g/mol. The first-order chi connectivity index (χ1) is 6.59. The maximum absolute atomic E-state index is 6.14. The molecule has 0 saturated heterocycles. The van der Waals surface area contributed by atoms with Gasteiger partial charge in [0.05, 0.1) is 5.02 Å². The Kier molecular flexibility index (Phi) is 2.23. The molecule has 74 valence electrons. The normalized spacial score (nSPS) is 11.5. The van der Waals surface area contributed by atoms with Gasteiger partial charge >= 0.3 is 0 Å². The van der Waals surface area contributed by atoms with Crippen molar-refractivity contribution in [1.82, 2.24) is 9.38 Å². The van der Waals surface area contributed by atoms with Crippen molar-refractivity contribution >= 4 is 17.2 Å². The predicted octanol–water partition coefficient (Wildman–Crippen LogP) is 3.42. The van der Waals surface area contributed by atoms with E-state index < -0.39 is 0 Å². The number of rotatable bonds is 1. The summed E-state index contributed by atoms with van der Waals surface area (Å²) in [6.07, 6.45) is 3.94. The lowest BCUT2D eigenvalue weighted by Gasteiger charge is -2.07. The van der Waals surface area contributed by atoms with Gasteiger partial charge in [0, 0.05) is 18.1 Å². The number of halogens is 1. The van der Waals surface area contributed by atoms with E-state index in [4.69, 9.17) is 11.6 Å². The van der Waals surface area contributed by atoms with Crippen LogP contribution in [0.1, 0.15) is 31.0 Å². The molecule has 0 amide bonds. The number of nitrogens with zero attached hydrogens (tertiary/aromatic N) is 2. The smallest absolute Gasteiger partial charge is 0.155 e. The van der Waals surface area contributed by atoms with Crippen LogP contribution in [-0.2, 0) is 0 Å². The van der Waals surface area contributed by atoms with Gasteiger partial charge in [0.25, 0.3) is 0 Å². The standard InChI is InChI=1S/C11H13ClN2/c1-7(2)9-4-10(12)11-13-5-8(3)14(11)6-9/h4-7H,1-3H3. The molecule has 3 heteroatoms. The molecule has 2 aromatic heterocycles. The highest BCUT2D eigenvalue weighted by atomic mass is 35.5. The topological polar surface area (TPSA) is 17.3 Å². The fourth-order valence-electron chi connectivity index (χ4n) is 1.50. The van der Waals surface area contributed by atoms with Crippen LogP contribution in [0.25, 0.3) is 5.65 Å². The Morgan fingerprint density at radius 1 is 1.43 bits per heavy atom. The van der Waals surface area contributed by atoms with Crippen LogP contribution in [0.3, 0.4) is 0 Å². The van der Waals surface area contributed by atoms with Crippen LogP contribution >= 0.6 is 11.6 Å². The third kappa shape index (κ3) is 1.40. The molecule has 2 aromatic rings. The zero-order chi connectivity index (χ0) is 10.3. The molecule has 0 atom stereocenters. The predicted molar refractivity (Wildman–Crippen MR) is 59.0 cm³/mol. The van der Waals surface area contributed by atoms with Crippen LogP contribution in [0.5, 0.6) is 0 Å². The van der Waals surface area contributed by atoms with Crippen LogP contribution < -0.4 is 0 Å². The van der Waals surface area contributed by atoms with Gasteiger partial charge < -0.3 is 4.40 Å². The molecule has 2 rings (SSSR count). The van der Waals surface area contributed by atoms with E-state index in [-0.39, 0.29) is 0 Å². The molecule has 0 aliphatic heterocycles. The van der Waals surface area contributed by atoms with E-state index in [0.717, 1.165) is 16.4 Å². The maximum Gasteiger partial charge on any atom is 0.155 e. The van der Waals surface area contributed by atoms with E-state index in [2.05, 4.69) is 25.0 Å². The average molecular weight is 209 g/mol. The van der Waals surface area contributed by atoms with Gasteiger partial charge in [-0.05, 0) is 24.5 Å². The van der Waals surface area contributed by atoms with Gasteiger partial charge in [0.2, 0.25) is 0 Å². The molecule has 2 heterocycles.